The number of carbonyl (C=O) groups excluding carboxylic acids is 2. The van der Waals surface area contributed by atoms with Gasteiger partial charge in [0.15, 0.2) is 11.5 Å². The average Bonchev–Trinajstić information content (AvgIpc) is 2.46. The molecule has 0 saturated heterocycles. The molecule has 23 heavy (non-hydrogen) atoms. The molecule has 1 atom stereocenters. The summed E-state index contributed by atoms with van der Waals surface area (Å²) in [6.45, 7) is 0. The second kappa shape index (κ2) is 7.52. The van der Waals surface area contributed by atoms with E-state index >= 15 is 0 Å². The van der Waals surface area contributed by atoms with Gasteiger partial charge in [-0.05, 0) is 37.0 Å². The first-order valence-corrected chi connectivity index (χ1v) is 7.04. The largest absolute Gasteiger partial charge is 0.504 e. The summed E-state index contributed by atoms with van der Waals surface area (Å²) in [5, 5.41) is 21.4. The molecule has 1 amide bonds. The number of benzene rings is 1. The van der Waals surface area contributed by atoms with Gasteiger partial charge in [0.2, 0.25) is 5.91 Å². The molecule has 1 aromatic rings. The van der Waals surface area contributed by atoms with Gasteiger partial charge in [0.05, 0.1) is 12.6 Å². The van der Waals surface area contributed by atoms with E-state index in [-0.39, 0.29) is 36.2 Å². The number of esters is 1. The van der Waals surface area contributed by atoms with Crippen molar-refractivity contribution in [3.05, 3.63) is 23.8 Å². The summed E-state index contributed by atoms with van der Waals surface area (Å²) in [6.07, 6.45) is 2.19. The molecule has 0 radical (unpaired) electrons. The predicted molar refractivity (Wildman–Crippen MR) is 85.4 cm³/mol. The molecular weight excluding hydrogens is 324 g/mol. The van der Waals surface area contributed by atoms with E-state index in [1.54, 1.807) is 6.07 Å². The lowest BCUT2D eigenvalue weighted by atomic mass is 9.77. The monoisotopic (exact) mass is 344 g/mol. The minimum atomic E-state index is -0.913. The van der Waals surface area contributed by atoms with E-state index in [9.17, 15) is 19.8 Å². The fourth-order valence-electron chi connectivity index (χ4n) is 2.35. The van der Waals surface area contributed by atoms with Crippen LogP contribution in [0.3, 0.4) is 0 Å². The Hall–Kier alpha value is -1.99. The van der Waals surface area contributed by atoms with Crippen molar-refractivity contribution in [2.75, 3.05) is 7.11 Å². The van der Waals surface area contributed by atoms with Crippen LogP contribution in [0.5, 0.6) is 11.5 Å². The zero-order valence-electron chi connectivity index (χ0n) is 12.7. The zero-order valence-corrected chi connectivity index (χ0v) is 13.6. The van der Waals surface area contributed by atoms with Crippen molar-refractivity contribution in [1.82, 2.24) is 5.32 Å². The second-order valence-corrected chi connectivity index (χ2v) is 5.59. The number of methoxy groups -OCH3 is 1. The summed E-state index contributed by atoms with van der Waals surface area (Å²) in [7, 11) is 1.23. The van der Waals surface area contributed by atoms with Gasteiger partial charge in [-0.3, -0.25) is 4.79 Å². The molecule has 1 aliphatic carbocycles. The molecular formula is C15H21ClN2O5. The van der Waals surface area contributed by atoms with E-state index in [4.69, 9.17) is 10.5 Å². The van der Waals surface area contributed by atoms with Crippen LogP contribution in [0.4, 0.5) is 0 Å². The topological polar surface area (TPSA) is 122 Å². The normalized spacial score (nSPS) is 16.4. The number of amides is 1. The van der Waals surface area contributed by atoms with Crippen molar-refractivity contribution in [3.8, 4) is 11.5 Å². The van der Waals surface area contributed by atoms with Gasteiger partial charge >= 0.3 is 5.97 Å². The van der Waals surface area contributed by atoms with Gasteiger partial charge < -0.3 is 26.0 Å². The van der Waals surface area contributed by atoms with Crippen LogP contribution >= 0.6 is 12.4 Å². The molecule has 0 aromatic heterocycles. The first-order valence-electron chi connectivity index (χ1n) is 7.04. The van der Waals surface area contributed by atoms with Crippen LogP contribution in [0, 0.1) is 0 Å². The van der Waals surface area contributed by atoms with E-state index in [2.05, 4.69) is 5.32 Å². The quantitative estimate of drug-likeness (QED) is 0.458. The summed E-state index contributed by atoms with van der Waals surface area (Å²) >= 11 is 0. The number of ether oxygens (including phenoxy) is 1. The van der Waals surface area contributed by atoms with Crippen LogP contribution < -0.4 is 11.1 Å². The van der Waals surface area contributed by atoms with Crippen LogP contribution in [0.1, 0.15) is 24.8 Å². The number of aromatic hydroxyl groups is 2. The third kappa shape index (κ3) is 4.27. The smallest absolute Gasteiger partial charge is 0.328 e. The Labute approximate surface area is 140 Å². The number of phenols is 2. The highest BCUT2D eigenvalue weighted by Gasteiger charge is 2.41. The van der Waals surface area contributed by atoms with Crippen molar-refractivity contribution in [3.63, 3.8) is 0 Å². The first-order chi connectivity index (χ1) is 10.4. The Balaban J connectivity index is 0.00000264. The van der Waals surface area contributed by atoms with Gasteiger partial charge in [-0.25, -0.2) is 4.79 Å². The summed E-state index contributed by atoms with van der Waals surface area (Å²) in [4.78, 5) is 24.0. The summed E-state index contributed by atoms with van der Waals surface area (Å²) < 4.78 is 4.70. The van der Waals surface area contributed by atoms with E-state index in [0.717, 1.165) is 6.42 Å². The van der Waals surface area contributed by atoms with Gasteiger partial charge in [0.25, 0.3) is 0 Å². The Morgan fingerprint density at radius 2 is 2.00 bits per heavy atom. The first kappa shape index (κ1) is 19.1. The Morgan fingerprint density at radius 3 is 2.48 bits per heavy atom. The summed E-state index contributed by atoms with van der Waals surface area (Å²) in [5.41, 5.74) is 5.60. The molecule has 2 rings (SSSR count). The molecule has 0 spiro atoms. The summed E-state index contributed by atoms with van der Waals surface area (Å²) in [6, 6.07) is 3.30. The van der Waals surface area contributed by atoms with E-state index < -0.39 is 17.6 Å². The highest BCUT2D eigenvalue weighted by molar-refractivity contribution is 5.91. The predicted octanol–water partition coefficient (Wildman–Crippen LogP) is 0.601. The van der Waals surface area contributed by atoms with Gasteiger partial charge in [-0.2, -0.15) is 0 Å². The second-order valence-electron chi connectivity index (χ2n) is 5.59. The van der Waals surface area contributed by atoms with Gasteiger partial charge in [-0.1, -0.05) is 6.07 Å². The third-order valence-electron chi connectivity index (χ3n) is 3.97. The van der Waals surface area contributed by atoms with Crippen molar-refractivity contribution < 1.29 is 24.5 Å². The Kier molecular flexibility index (Phi) is 6.23. The number of hydrogen-bond acceptors (Lipinski definition) is 6. The van der Waals surface area contributed by atoms with Crippen molar-refractivity contribution >= 4 is 24.3 Å². The molecule has 128 valence electrons. The van der Waals surface area contributed by atoms with Crippen molar-refractivity contribution in [2.45, 2.75) is 37.3 Å². The molecule has 0 bridgehead atoms. The minimum absolute atomic E-state index is 0. The number of phenolic OH excluding ortho intramolecular Hbond substituents is 2. The highest BCUT2D eigenvalue weighted by atomic mass is 35.5. The van der Waals surface area contributed by atoms with Crippen LogP contribution in [0.2, 0.25) is 0 Å². The number of hydrogen-bond donors (Lipinski definition) is 4. The molecule has 1 fully saturated rings. The van der Waals surface area contributed by atoms with Gasteiger partial charge in [0, 0.05) is 6.42 Å². The highest BCUT2D eigenvalue weighted by Crippen LogP contribution is 2.29. The lowest BCUT2D eigenvalue weighted by Crippen LogP contribution is -2.61. The minimum Gasteiger partial charge on any atom is -0.504 e. The number of halogens is 1. The number of nitrogens with two attached hydrogens (primary N) is 1. The Morgan fingerprint density at radius 1 is 1.35 bits per heavy atom. The molecule has 7 nitrogen and oxygen atoms in total. The number of carbonyl (C=O) groups is 2. The number of rotatable bonds is 5. The van der Waals surface area contributed by atoms with Crippen molar-refractivity contribution in [1.29, 1.82) is 0 Å². The lowest BCUT2D eigenvalue weighted by molar-refractivity contribution is -0.146. The average molecular weight is 345 g/mol. The maximum absolute atomic E-state index is 12.2. The molecule has 1 aliphatic rings. The molecule has 0 unspecified atom stereocenters. The van der Waals surface area contributed by atoms with E-state index in [0.29, 0.717) is 18.4 Å². The molecule has 1 saturated carbocycles. The molecule has 5 N–H and O–H groups in total. The van der Waals surface area contributed by atoms with Crippen LogP contribution in [0.15, 0.2) is 18.2 Å². The molecule has 0 heterocycles. The fraction of sp³-hybridized carbons (Fsp3) is 0.467. The van der Waals surface area contributed by atoms with Crippen LogP contribution in [0.25, 0.3) is 0 Å². The maximum atomic E-state index is 12.2. The maximum Gasteiger partial charge on any atom is 0.328 e. The molecule has 8 heteroatoms. The van der Waals surface area contributed by atoms with E-state index in [1.165, 1.54) is 19.2 Å². The lowest BCUT2D eigenvalue weighted by Gasteiger charge is -2.37. The molecule has 0 aliphatic heterocycles. The van der Waals surface area contributed by atoms with Gasteiger partial charge in [0.1, 0.15) is 6.04 Å². The van der Waals surface area contributed by atoms with E-state index in [1.807, 2.05) is 0 Å². The van der Waals surface area contributed by atoms with Gasteiger partial charge in [-0.15, -0.1) is 12.4 Å². The zero-order chi connectivity index (χ0) is 16.3. The van der Waals surface area contributed by atoms with Crippen LogP contribution in [-0.4, -0.2) is 40.8 Å². The SMILES string of the molecule is COC(=O)[C@H](Cc1ccc(O)c(O)c1)NC(=O)C1(N)CCC1.Cl. The third-order valence-corrected chi connectivity index (χ3v) is 3.97. The summed E-state index contributed by atoms with van der Waals surface area (Å²) in [5.74, 6) is -1.51. The molecule has 1 aromatic carbocycles. The fourth-order valence-corrected chi connectivity index (χ4v) is 2.35. The van der Waals surface area contributed by atoms with Crippen molar-refractivity contribution in [2.24, 2.45) is 5.73 Å². The number of nitrogens with one attached hydrogen (secondary N) is 1. The van der Waals surface area contributed by atoms with Crippen LogP contribution in [-0.2, 0) is 20.7 Å². The standard InChI is InChI=1S/C15H20N2O5.ClH/c1-22-13(20)10(17-14(21)15(16)5-2-6-15)7-9-3-4-11(18)12(19)8-9;/h3-4,8,10,18-19H,2,5-7,16H2,1H3,(H,17,21);1H/t10-;/m0./s1. The Bertz CT molecular complexity index is 589.